The number of hydrogen-bond donors (Lipinski definition) is 3. The number of amides is 1. The van der Waals surface area contributed by atoms with E-state index in [1.54, 1.807) is 7.05 Å². The van der Waals surface area contributed by atoms with E-state index in [-0.39, 0.29) is 17.7 Å². The number of halogens is 1. The van der Waals surface area contributed by atoms with Gasteiger partial charge in [-0.2, -0.15) is 0 Å². The number of carbonyl (C=O) groups excluding carboxylic acids is 1. The zero-order valence-electron chi connectivity index (χ0n) is 21.9. The van der Waals surface area contributed by atoms with Gasteiger partial charge in [-0.1, -0.05) is 56.5 Å². The number of nitrogens with one attached hydrogen (secondary N) is 3. The molecule has 0 saturated carbocycles. The molecule has 1 amide bonds. The summed E-state index contributed by atoms with van der Waals surface area (Å²) in [4.78, 5) is 22.3. The van der Waals surface area contributed by atoms with E-state index in [1.165, 1.54) is 25.7 Å². The Labute approximate surface area is 221 Å². The maximum absolute atomic E-state index is 12.9. The predicted molar refractivity (Wildman–Crippen MR) is 151 cm³/mol. The minimum atomic E-state index is -0.342. The van der Waals surface area contributed by atoms with Crippen LogP contribution in [0.4, 0.5) is 11.6 Å². The third-order valence-electron chi connectivity index (χ3n) is 6.82. The average molecular weight is 513 g/mol. The number of anilines is 2. The first-order chi connectivity index (χ1) is 17.5. The lowest BCUT2D eigenvalue weighted by Gasteiger charge is -2.32. The van der Waals surface area contributed by atoms with Gasteiger partial charge in [-0.15, -0.1) is 0 Å². The fourth-order valence-electron chi connectivity index (χ4n) is 4.80. The maximum Gasteiger partial charge on any atom is 0.270 e. The highest BCUT2D eigenvalue weighted by molar-refractivity contribution is 6.45. The van der Waals surface area contributed by atoms with Crippen LogP contribution in [0.3, 0.4) is 0 Å². The van der Waals surface area contributed by atoms with Gasteiger partial charge in [-0.05, 0) is 49.4 Å². The highest BCUT2D eigenvalue weighted by Gasteiger charge is 2.24. The van der Waals surface area contributed by atoms with Crippen LogP contribution in [-0.4, -0.2) is 60.8 Å². The quantitative estimate of drug-likeness (QED) is 0.436. The summed E-state index contributed by atoms with van der Waals surface area (Å²) in [6.07, 6.45) is 6.58. The third kappa shape index (κ3) is 7.43. The number of hydrogen-bond acceptors (Lipinski definition) is 6. The average Bonchev–Trinajstić information content (AvgIpc) is 3.21. The summed E-state index contributed by atoms with van der Waals surface area (Å²) in [6, 6.07) is 11.8. The minimum absolute atomic E-state index is 0.0437. The van der Waals surface area contributed by atoms with E-state index in [9.17, 15) is 4.79 Å². The van der Waals surface area contributed by atoms with Crippen LogP contribution in [0.1, 0.15) is 63.5 Å². The van der Waals surface area contributed by atoms with E-state index in [2.05, 4.69) is 26.5 Å². The maximum atomic E-state index is 12.9. The summed E-state index contributed by atoms with van der Waals surface area (Å²) in [5, 5.41) is 15.5. The van der Waals surface area contributed by atoms with Crippen molar-refractivity contribution in [3.8, 4) is 0 Å². The number of aromatic nitrogens is 1. The molecule has 0 aliphatic carbocycles. The van der Waals surface area contributed by atoms with Crippen LogP contribution in [0, 0.1) is 5.41 Å². The second kappa shape index (κ2) is 14.2. The van der Waals surface area contributed by atoms with Crippen LogP contribution >= 0.6 is 11.6 Å². The van der Waals surface area contributed by atoms with Crippen LogP contribution in [0.25, 0.3) is 0 Å². The molecule has 0 atom stereocenters. The van der Waals surface area contributed by atoms with Crippen LogP contribution in [0.15, 0.2) is 36.4 Å². The van der Waals surface area contributed by atoms with Gasteiger partial charge in [0, 0.05) is 56.4 Å². The van der Waals surface area contributed by atoms with Gasteiger partial charge in [-0.3, -0.25) is 15.1 Å². The fraction of sp³-hybridized carbons (Fsp3) is 0.536. The molecule has 2 saturated heterocycles. The molecule has 2 aliphatic heterocycles. The van der Waals surface area contributed by atoms with E-state index in [4.69, 9.17) is 22.0 Å². The molecule has 0 bridgehead atoms. The molecule has 4 rings (SSSR count). The van der Waals surface area contributed by atoms with Crippen molar-refractivity contribution >= 4 is 34.9 Å². The van der Waals surface area contributed by atoms with Crippen LogP contribution in [-0.2, 0) is 11.3 Å². The molecule has 2 aromatic rings. The molecule has 0 radical (unpaired) electrons. The number of rotatable bonds is 7. The van der Waals surface area contributed by atoms with Crippen LogP contribution in [0.5, 0.6) is 0 Å². The minimum Gasteiger partial charge on any atom is -0.373 e. The monoisotopic (exact) mass is 512 g/mol. The summed E-state index contributed by atoms with van der Waals surface area (Å²) < 4.78 is 0. The van der Waals surface area contributed by atoms with Crippen molar-refractivity contribution in [1.82, 2.24) is 15.2 Å². The zero-order chi connectivity index (χ0) is 25.9. The van der Waals surface area contributed by atoms with Gasteiger partial charge >= 0.3 is 0 Å². The number of pyridine rings is 1. The first kappa shape index (κ1) is 27.9. The van der Waals surface area contributed by atoms with Crippen molar-refractivity contribution in [3.63, 3.8) is 0 Å². The number of likely N-dealkylation sites (tertiary alicyclic amines) is 1. The standard InChI is InChI=1S/C26H35ClN6O.C2H6/c1-29-25-21(10-11-23(31-25)33-14-6-2-3-7-15-33)24(28)26(34)30-20-12-16-32(17-13-20)18-19-8-4-5-9-22(19)27;1-2/h4-5,8-11,20,28H,2-3,6-7,12-18H2,1H3,(H,29,31)(H,30,34);1-2H3. The molecular formula is C28H41ClN6O. The van der Waals surface area contributed by atoms with Crippen molar-refractivity contribution in [2.75, 3.05) is 43.4 Å². The summed E-state index contributed by atoms with van der Waals surface area (Å²) >= 11 is 6.30. The van der Waals surface area contributed by atoms with E-state index in [0.29, 0.717) is 11.4 Å². The molecule has 36 heavy (non-hydrogen) atoms. The first-order valence-corrected chi connectivity index (χ1v) is 13.7. The SMILES string of the molecule is CC.CNc1nc(N2CCCCCC2)ccc1C(=N)C(=O)NC1CCN(Cc2ccccc2Cl)CC1. The van der Waals surface area contributed by atoms with Gasteiger partial charge in [0.15, 0.2) is 0 Å². The second-order valence-corrected chi connectivity index (χ2v) is 9.61. The van der Waals surface area contributed by atoms with Gasteiger partial charge in [0.2, 0.25) is 0 Å². The highest BCUT2D eigenvalue weighted by atomic mass is 35.5. The van der Waals surface area contributed by atoms with Gasteiger partial charge < -0.3 is 15.5 Å². The van der Waals surface area contributed by atoms with Crippen molar-refractivity contribution in [3.05, 3.63) is 52.5 Å². The molecule has 0 spiro atoms. The van der Waals surface area contributed by atoms with Crippen LogP contribution < -0.4 is 15.5 Å². The molecule has 3 heterocycles. The van der Waals surface area contributed by atoms with Gasteiger partial charge in [0.05, 0.1) is 0 Å². The fourth-order valence-corrected chi connectivity index (χ4v) is 5.00. The lowest BCUT2D eigenvalue weighted by atomic mass is 10.0. The Morgan fingerprint density at radius 3 is 2.33 bits per heavy atom. The summed E-state index contributed by atoms with van der Waals surface area (Å²) in [6.45, 7) is 8.59. The molecule has 1 aromatic carbocycles. The second-order valence-electron chi connectivity index (χ2n) is 9.21. The summed E-state index contributed by atoms with van der Waals surface area (Å²) in [5.74, 6) is 1.15. The Bertz CT molecular complexity index is 997. The summed E-state index contributed by atoms with van der Waals surface area (Å²) in [5.41, 5.74) is 1.62. The topological polar surface area (TPSA) is 84.4 Å². The first-order valence-electron chi connectivity index (χ1n) is 13.3. The Morgan fingerprint density at radius 2 is 1.69 bits per heavy atom. The molecule has 3 N–H and O–H groups in total. The van der Waals surface area contributed by atoms with Gasteiger partial charge in [0.1, 0.15) is 17.3 Å². The zero-order valence-corrected chi connectivity index (χ0v) is 22.7. The molecular weight excluding hydrogens is 472 g/mol. The molecule has 2 aliphatic rings. The van der Waals surface area contributed by atoms with E-state index < -0.39 is 0 Å². The lowest BCUT2D eigenvalue weighted by molar-refractivity contribution is -0.115. The molecule has 2 fully saturated rings. The molecule has 196 valence electrons. The normalized spacial score (nSPS) is 16.9. The summed E-state index contributed by atoms with van der Waals surface area (Å²) in [7, 11) is 1.79. The van der Waals surface area contributed by atoms with Crippen molar-refractivity contribution < 1.29 is 4.79 Å². The number of piperidine rings is 1. The smallest absolute Gasteiger partial charge is 0.270 e. The molecule has 1 aromatic heterocycles. The van der Waals surface area contributed by atoms with Crippen molar-refractivity contribution in [2.45, 2.75) is 65.0 Å². The van der Waals surface area contributed by atoms with E-state index >= 15 is 0 Å². The van der Waals surface area contributed by atoms with E-state index in [1.807, 2.05) is 44.2 Å². The van der Waals surface area contributed by atoms with Gasteiger partial charge in [0.25, 0.3) is 5.91 Å². The Balaban J connectivity index is 0.00000176. The number of carbonyl (C=O) groups is 1. The van der Waals surface area contributed by atoms with Crippen molar-refractivity contribution in [2.24, 2.45) is 0 Å². The molecule has 8 heteroatoms. The van der Waals surface area contributed by atoms with Gasteiger partial charge in [-0.25, -0.2) is 4.98 Å². The molecule has 7 nitrogen and oxygen atoms in total. The highest BCUT2D eigenvalue weighted by Crippen LogP contribution is 2.23. The van der Waals surface area contributed by atoms with Crippen molar-refractivity contribution in [1.29, 1.82) is 5.41 Å². The number of nitrogens with zero attached hydrogens (tertiary/aromatic N) is 3. The number of benzene rings is 1. The Kier molecular flexibility index (Phi) is 11.0. The third-order valence-corrected chi connectivity index (χ3v) is 7.19. The predicted octanol–water partition coefficient (Wildman–Crippen LogP) is 5.33. The van der Waals surface area contributed by atoms with E-state index in [0.717, 1.165) is 62.0 Å². The van der Waals surface area contributed by atoms with Crippen LogP contribution in [0.2, 0.25) is 5.02 Å². The lowest BCUT2D eigenvalue weighted by Crippen LogP contribution is -2.46. The Morgan fingerprint density at radius 1 is 1.03 bits per heavy atom. The largest absolute Gasteiger partial charge is 0.373 e. The Hall–Kier alpha value is -2.64. The molecule has 0 unspecified atom stereocenters.